The minimum absolute atomic E-state index is 0.176. The fourth-order valence-electron chi connectivity index (χ4n) is 3.58. The van der Waals surface area contributed by atoms with E-state index in [9.17, 15) is 13.2 Å². The van der Waals surface area contributed by atoms with Gasteiger partial charge in [0.05, 0.1) is 6.04 Å². The summed E-state index contributed by atoms with van der Waals surface area (Å²) in [5, 5.41) is 1.78. The van der Waals surface area contributed by atoms with E-state index in [1.165, 1.54) is 24.2 Å². The van der Waals surface area contributed by atoms with Crippen LogP contribution >= 0.6 is 11.3 Å². The van der Waals surface area contributed by atoms with Gasteiger partial charge in [0.25, 0.3) is 10.0 Å². The first-order valence-corrected chi connectivity index (χ1v) is 11.4. The SMILES string of the molecule is C[C@@H](C(=O)N1CCCCCC1)N1CCN(S(=O)(=O)c2cccs2)CC1. The van der Waals surface area contributed by atoms with Crippen LogP contribution in [0.3, 0.4) is 0 Å². The van der Waals surface area contributed by atoms with Gasteiger partial charge in [-0.15, -0.1) is 11.3 Å². The van der Waals surface area contributed by atoms with E-state index >= 15 is 0 Å². The molecule has 0 aliphatic carbocycles. The molecule has 2 aliphatic rings. The highest BCUT2D eigenvalue weighted by Crippen LogP contribution is 2.23. The van der Waals surface area contributed by atoms with Crippen LogP contribution in [0.2, 0.25) is 0 Å². The second-order valence-electron chi connectivity index (χ2n) is 6.79. The smallest absolute Gasteiger partial charge is 0.252 e. The van der Waals surface area contributed by atoms with Crippen LogP contribution in [-0.2, 0) is 14.8 Å². The molecule has 25 heavy (non-hydrogen) atoms. The molecule has 0 aromatic carbocycles. The highest BCUT2D eigenvalue weighted by molar-refractivity contribution is 7.91. The van der Waals surface area contributed by atoms with Crippen molar-refractivity contribution in [3.8, 4) is 0 Å². The van der Waals surface area contributed by atoms with Crippen LogP contribution in [0.4, 0.5) is 0 Å². The van der Waals surface area contributed by atoms with Crippen molar-refractivity contribution in [2.75, 3.05) is 39.3 Å². The van der Waals surface area contributed by atoms with Gasteiger partial charge in [-0.2, -0.15) is 4.31 Å². The van der Waals surface area contributed by atoms with Gasteiger partial charge in [0, 0.05) is 39.3 Å². The van der Waals surface area contributed by atoms with E-state index in [1.54, 1.807) is 21.8 Å². The predicted octanol–water partition coefficient (Wildman–Crippen LogP) is 1.85. The standard InChI is InChI=1S/C17H27N3O3S2/c1-15(17(21)19-8-4-2-3-5-9-19)18-10-12-20(13-11-18)25(22,23)16-7-6-14-24-16/h6-7,14-15H,2-5,8-13H2,1H3/t15-/m0/s1. The fourth-order valence-corrected chi connectivity index (χ4v) is 6.15. The maximum Gasteiger partial charge on any atom is 0.252 e. The van der Waals surface area contributed by atoms with E-state index in [0.29, 0.717) is 30.4 Å². The van der Waals surface area contributed by atoms with Crippen LogP contribution in [0.1, 0.15) is 32.6 Å². The molecule has 1 atom stereocenters. The van der Waals surface area contributed by atoms with Crippen LogP contribution in [0.25, 0.3) is 0 Å². The number of carbonyl (C=O) groups is 1. The molecular formula is C17H27N3O3S2. The van der Waals surface area contributed by atoms with Crippen molar-refractivity contribution in [3.05, 3.63) is 17.5 Å². The van der Waals surface area contributed by atoms with E-state index in [-0.39, 0.29) is 11.9 Å². The Morgan fingerprint density at radius 2 is 1.68 bits per heavy atom. The third-order valence-electron chi connectivity index (χ3n) is 5.19. The highest BCUT2D eigenvalue weighted by atomic mass is 32.2. The van der Waals surface area contributed by atoms with Gasteiger partial charge in [-0.3, -0.25) is 9.69 Å². The summed E-state index contributed by atoms with van der Waals surface area (Å²) in [7, 11) is -3.38. The van der Waals surface area contributed by atoms with Crippen molar-refractivity contribution in [3.63, 3.8) is 0 Å². The van der Waals surface area contributed by atoms with Gasteiger partial charge in [-0.1, -0.05) is 18.9 Å². The van der Waals surface area contributed by atoms with Gasteiger partial charge in [0.15, 0.2) is 0 Å². The molecule has 1 aromatic rings. The number of piperazine rings is 1. The number of hydrogen-bond donors (Lipinski definition) is 0. The van der Waals surface area contributed by atoms with Crippen LogP contribution in [0.15, 0.2) is 21.7 Å². The summed E-state index contributed by atoms with van der Waals surface area (Å²) in [6, 6.07) is 3.23. The predicted molar refractivity (Wildman–Crippen MR) is 99.2 cm³/mol. The summed E-state index contributed by atoms with van der Waals surface area (Å²) < 4.78 is 27.1. The Bertz CT molecular complexity index is 659. The maximum atomic E-state index is 12.8. The van der Waals surface area contributed by atoms with Gasteiger partial charge >= 0.3 is 0 Å². The van der Waals surface area contributed by atoms with Crippen molar-refractivity contribution in [1.82, 2.24) is 14.1 Å². The van der Waals surface area contributed by atoms with Crippen molar-refractivity contribution < 1.29 is 13.2 Å². The zero-order chi connectivity index (χ0) is 17.9. The number of carbonyl (C=O) groups excluding carboxylic acids is 1. The molecule has 0 radical (unpaired) electrons. The third-order valence-corrected chi connectivity index (χ3v) is 8.46. The molecule has 0 saturated carbocycles. The Hall–Kier alpha value is -0.960. The maximum absolute atomic E-state index is 12.8. The Morgan fingerprint density at radius 3 is 2.24 bits per heavy atom. The number of rotatable bonds is 4. The summed E-state index contributed by atoms with van der Waals surface area (Å²) in [6.45, 7) is 5.76. The van der Waals surface area contributed by atoms with Crippen molar-refractivity contribution in [2.24, 2.45) is 0 Å². The molecule has 0 bridgehead atoms. The number of hydrogen-bond acceptors (Lipinski definition) is 5. The second-order valence-corrected chi connectivity index (χ2v) is 9.90. The summed E-state index contributed by atoms with van der Waals surface area (Å²) in [6.07, 6.45) is 4.59. The second kappa shape index (κ2) is 8.16. The zero-order valence-electron chi connectivity index (χ0n) is 14.8. The van der Waals surface area contributed by atoms with E-state index in [0.717, 1.165) is 25.9 Å². The quantitative estimate of drug-likeness (QED) is 0.794. The Balaban J connectivity index is 1.57. The Morgan fingerprint density at radius 1 is 1.04 bits per heavy atom. The third kappa shape index (κ3) is 4.24. The van der Waals surface area contributed by atoms with E-state index in [2.05, 4.69) is 4.90 Å². The van der Waals surface area contributed by atoms with Crippen LogP contribution in [0, 0.1) is 0 Å². The van der Waals surface area contributed by atoms with E-state index in [1.807, 2.05) is 11.8 Å². The molecule has 140 valence electrons. The number of sulfonamides is 1. The Labute approximate surface area is 154 Å². The molecule has 6 nitrogen and oxygen atoms in total. The summed E-state index contributed by atoms with van der Waals surface area (Å²) in [5.41, 5.74) is 0. The number of amides is 1. The topological polar surface area (TPSA) is 60.9 Å². The normalized spacial score (nSPS) is 22.5. The molecule has 2 fully saturated rings. The lowest BCUT2D eigenvalue weighted by molar-refractivity contribution is -0.136. The lowest BCUT2D eigenvalue weighted by atomic mass is 10.2. The summed E-state index contributed by atoms with van der Waals surface area (Å²) in [5.74, 6) is 0.191. The van der Waals surface area contributed by atoms with Crippen LogP contribution in [0.5, 0.6) is 0 Å². The van der Waals surface area contributed by atoms with E-state index < -0.39 is 10.0 Å². The van der Waals surface area contributed by atoms with Crippen LogP contribution in [-0.4, -0.2) is 73.7 Å². The molecule has 0 N–H and O–H groups in total. The zero-order valence-corrected chi connectivity index (χ0v) is 16.4. The van der Waals surface area contributed by atoms with Crippen molar-refractivity contribution >= 4 is 27.3 Å². The van der Waals surface area contributed by atoms with Crippen molar-refractivity contribution in [1.29, 1.82) is 0 Å². The lowest BCUT2D eigenvalue weighted by Gasteiger charge is -2.38. The van der Waals surface area contributed by atoms with Gasteiger partial charge in [0.1, 0.15) is 4.21 Å². The minimum atomic E-state index is -3.38. The number of likely N-dealkylation sites (tertiary alicyclic amines) is 1. The van der Waals surface area contributed by atoms with Gasteiger partial charge in [-0.05, 0) is 31.2 Å². The first kappa shape index (κ1) is 18.8. The number of nitrogens with zero attached hydrogens (tertiary/aromatic N) is 3. The first-order valence-electron chi connectivity index (χ1n) is 9.06. The fraction of sp³-hybridized carbons (Fsp3) is 0.706. The summed E-state index contributed by atoms with van der Waals surface area (Å²) >= 11 is 1.25. The minimum Gasteiger partial charge on any atom is -0.341 e. The van der Waals surface area contributed by atoms with Crippen LogP contribution < -0.4 is 0 Å². The molecular weight excluding hydrogens is 358 g/mol. The molecule has 8 heteroatoms. The van der Waals surface area contributed by atoms with Gasteiger partial charge < -0.3 is 4.90 Å². The highest BCUT2D eigenvalue weighted by Gasteiger charge is 2.33. The lowest BCUT2D eigenvalue weighted by Crippen LogP contribution is -2.55. The molecule has 0 unspecified atom stereocenters. The molecule has 1 aromatic heterocycles. The average molecular weight is 386 g/mol. The van der Waals surface area contributed by atoms with E-state index in [4.69, 9.17) is 0 Å². The van der Waals surface area contributed by atoms with Gasteiger partial charge in [-0.25, -0.2) is 8.42 Å². The average Bonchev–Trinajstić information content (AvgIpc) is 3.05. The number of thiophene rings is 1. The first-order chi connectivity index (χ1) is 12.0. The largest absolute Gasteiger partial charge is 0.341 e. The molecule has 3 rings (SSSR count). The molecule has 3 heterocycles. The molecule has 0 spiro atoms. The monoisotopic (exact) mass is 385 g/mol. The Kier molecular flexibility index (Phi) is 6.14. The molecule has 2 aliphatic heterocycles. The summed E-state index contributed by atoms with van der Waals surface area (Å²) in [4.78, 5) is 16.9. The molecule has 1 amide bonds. The van der Waals surface area contributed by atoms with Crippen molar-refractivity contribution in [2.45, 2.75) is 42.9 Å². The van der Waals surface area contributed by atoms with Gasteiger partial charge in [0.2, 0.25) is 5.91 Å². The molecule has 2 saturated heterocycles.